The molecule has 1 saturated heterocycles. The number of para-hydroxylation sites is 2. The normalized spacial score (nSPS) is 21.5. The van der Waals surface area contributed by atoms with Gasteiger partial charge >= 0.3 is 5.97 Å². The highest BCUT2D eigenvalue weighted by Crippen LogP contribution is 2.44. The average molecular weight is 285 g/mol. The smallest absolute Gasteiger partial charge is 0.330 e. The fourth-order valence-electron chi connectivity index (χ4n) is 3.48. The summed E-state index contributed by atoms with van der Waals surface area (Å²) in [7, 11) is 0. The Morgan fingerprint density at radius 2 is 2.00 bits per heavy atom. The first-order valence-corrected chi connectivity index (χ1v) is 7.64. The lowest BCUT2D eigenvalue weighted by Crippen LogP contribution is -2.50. The highest BCUT2D eigenvalue weighted by molar-refractivity contribution is 5.83. The number of piperidine rings is 1. The van der Waals surface area contributed by atoms with Gasteiger partial charge in [-0.15, -0.1) is 0 Å². The molecule has 0 unspecified atom stereocenters. The molecule has 0 amide bonds. The summed E-state index contributed by atoms with van der Waals surface area (Å²) in [5.41, 5.74) is 1.03. The molecule has 0 bridgehead atoms. The summed E-state index contributed by atoms with van der Waals surface area (Å²) < 4.78 is 2.04. The molecule has 4 rings (SSSR count). The number of hydrogen-bond donors (Lipinski definition) is 2. The zero-order chi connectivity index (χ0) is 14.4. The predicted molar refractivity (Wildman–Crippen MR) is 79.4 cm³/mol. The van der Waals surface area contributed by atoms with Crippen molar-refractivity contribution >= 4 is 17.0 Å². The van der Waals surface area contributed by atoms with Crippen molar-refractivity contribution < 1.29 is 9.90 Å². The number of carbonyl (C=O) groups is 1. The largest absolute Gasteiger partial charge is 0.479 e. The topological polar surface area (TPSA) is 67.1 Å². The van der Waals surface area contributed by atoms with Gasteiger partial charge in [0, 0.05) is 5.92 Å². The fraction of sp³-hybridized carbons (Fsp3) is 0.500. The maximum Gasteiger partial charge on any atom is 0.330 e. The van der Waals surface area contributed by atoms with Crippen LogP contribution in [0, 0.1) is 0 Å². The van der Waals surface area contributed by atoms with Gasteiger partial charge in [-0.3, -0.25) is 0 Å². The lowest BCUT2D eigenvalue weighted by Gasteiger charge is -2.36. The van der Waals surface area contributed by atoms with Gasteiger partial charge in [0.2, 0.25) is 0 Å². The van der Waals surface area contributed by atoms with Crippen molar-refractivity contribution in [3.63, 3.8) is 0 Å². The van der Waals surface area contributed by atoms with Gasteiger partial charge in [0.05, 0.1) is 11.0 Å². The van der Waals surface area contributed by atoms with Crippen LogP contribution in [0.25, 0.3) is 11.0 Å². The van der Waals surface area contributed by atoms with Crippen LogP contribution in [0.4, 0.5) is 0 Å². The molecule has 21 heavy (non-hydrogen) atoms. The van der Waals surface area contributed by atoms with E-state index in [-0.39, 0.29) is 0 Å². The number of imidazole rings is 1. The van der Waals surface area contributed by atoms with Gasteiger partial charge in [-0.1, -0.05) is 12.1 Å². The maximum absolute atomic E-state index is 12.1. The van der Waals surface area contributed by atoms with Crippen LogP contribution in [0.3, 0.4) is 0 Å². The van der Waals surface area contributed by atoms with Crippen molar-refractivity contribution in [2.24, 2.45) is 0 Å². The van der Waals surface area contributed by atoms with Crippen molar-refractivity contribution in [2.45, 2.75) is 37.1 Å². The van der Waals surface area contributed by atoms with E-state index < -0.39 is 11.5 Å². The van der Waals surface area contributed by atoms with E-state index in [1.165, 1.54) is 0 Å². The highest BCUT2D eigenvalue weighted by Gasteiger charge is 2.45. The van der Waals surface area contributed by atoms with E-state index in [2.05, 4.69) is 5.32 Å². The van der Waals surface area contributed by atoms with Gasteiger partial charge in [0.15, 0.2) is 0 Å². The zero-order valence-corrected chi connectivity index (χ0v) is 11.9. The summed E-state index contributed by atoms with van der Waals surface area (Å²) in [6, 6.07) is 7.91. The molecule has 0 spiro atoms. The minimum Gasteiger partial charge on any atom is -0.479 e. The summed E-state index contributed by atoms with van der Waals surface area (Å²) >= 11 is 0. The van der Waals surface area contributed by atoms with Crippen LogP contribution in [-0.4, -0.2) is 33.7 Å². The second-order valence-corrected chi connectivity index (χ2v) is 6.16. The number of aliphatic carboxylic acids is 1. The second-order valence-electron chi connectivity index (χ2n) is 6.16. The van der Waals surface area contributed by atoms with Crippen LogP contribution in [0.15, 0.2) is 24.3 Å². The molecule has 1 aliphatic carbocycles. The molecule has 2 fully saturated rings. The van der Waals surface area contributed by atoms with Gasteiger partial charge < -0.3 is 15.0 Å². The van der Waals surface area contributed by atoms with Crippen molar-refractivity contribution in [1.29, 1.82) is 0 Å². The third-order valence-electron chi connectivity index (χ3n) is 4.79. The lowest BCUT2D eigenvalue weighted by atomic mass is 9.87. The summed E-state index contributed by atoms with van der Waals surface area (Å²) in [6.45, 7) is 1.48. The molecule has 1 saturated carbocycles. The van der Waals surface area contributed by atoms with Gasteiger partial charge in [-0.05, 0) is 50.9 Å². The first-order chi connectivity index (χ1) is 10.2. The summed E-state index contributed by atoms with van der Waals surface area (Å²) in [6.07, 6.45) is 3.47. The lowest BCUT2D eigenvalue weighted by molar-refractivity contribution is -0.149. The van der Waals surface area contributed by atoms with Crippen LogP contribution >= 0.6 is 0 Å². The maximum atomic E-state index is 12.1. The first kappa shape index (κ1) is 12.8. The number of carboxylic acids is 1. The molecule has 1 aromatic carbocycles. The second kappa shape index (κ2) is 4.56. The molecule has 2 heterocycles. The Hall–Kier alpha value is -1.88. The summed E-state index contributed by atoms with van der Waals surface area (Å²) in [5.74, 6) is 0.679. The molecular weight excluding hydrogens is 266 g/mol. The van der Waals surface area contributed by atoms with E-state index in [1.54, 1.807) is 0 Å². The van der Waals surface area contributed by atoms with E-state index in [0.717, 1.165) is 42.8 Å². The van der Waals surface area contributed by atoms with E-state index >= 15 is 0 Å². The Morgan fingerprint density at radius 3 is 2.67 bits per heavy atom. The van der Waals surface area contributed by atoms with Gasteiger partial charge in [-0.2, -0.15) is 0 Å². The molecule has 1 aliphatic heterocycles. The minimum atomic E-state index is -0.848. The number of rotatable bonds is 3. The Bertz CT molecular complexity index is 697. The number of nitrogens with one attached hydrogen (secondary N) is 1. The fourth-order valence-corrected chi connectivity index (χ4v) is 3.48. The SMILES string of the molecule is O=C(O)C1(n2c(C3CC3)nc3ccccc32)CCNCC1. The average Bonchev–Trinajstić information content (AvgIpc) is 3.28. The first-order valence-electron chi connectivity index (χ1n) is 7.64. The molecule has 1 aromatic heterocycles. The van der Waals surface area contributed by atoms with E-state index in [0.29, 0.717) is 18.8 Å². The quantitative estimate of drug-likeness (QED) is 0.906. The van der Waals surface area contributed by atoms with Gasteiger partial charge in [0.1, 0.15) is 11.4 Å². The van der Waals surface area contributed by atoms with Crippen LogP contribution in [-0.2, 0) is 10.3 Å². The molecule has 0 atom stereocenters. The molecular formula is C16H19N3O2. The molecule has 110 valence electrons. The number of aromatic nitrogens is 2. The minimum absolute atomic E-state index is 0.434. The number of hydrogen-bond acceptors (Lipinski definition) is 3. The van der Waals surface area contributed by atoms with Crippen molar-refractivity contribution in [3.8, 4) is 0 Å². The van der Waals surface area contributed by atoms with Crippen LogP contribution in [0.1, 0.15) is 37.4 Å². The van der Waals surface area contributed by atoms with Crippen LogP contribution < -0.4 is 5.32 Å². The van der Waals surface area contributed by atoms with Crippen LogP contribution in [0.5, 0.6) is 0 Å². The molecule has 2 aromatic rings. The van der Waals surface area contributed by atoms with Gasteiger partial charge in [0.25, 0.3) is 0 Å². The monoisotopic (exact) mass is 285 g/mol. The molecule has 5 heteroatoms. The number of benzene rings is 1. The Balaban J connectivity index is 1.98. The summed E-state index contributed by atoms with van der Waals surface area (Å²) in [4.78, 5) is 16.9. The Morgan fingerprint density at radius 1 is 1.29 bits per heavy atom. The van der Waals surface area contributed by atoms with Gasteiger partial charge in [-0.25, -0.2) is 9.78 Å². The van der Waals surface area contributed by atoms with Crippen molar-refractivity contribution in [2.75, 3.05) is 13.1 Å². The molecule has 2 aliphatic rings. The summed E-state index contributed by atoms with van der Waals surface area (Å²) in [5, 5.41) is 13.2. The molecule has 2 N–H and O–H groups in total. The third-order valence-corrected chi connectivity index (χ3v) is 4.79. The number of carboxylic acid groups (broad SMARTS) is 1. The van der Waals surface area contributed by atoms with Crippen LogP contribution in [0.2, 0.25) is 0 Å². The Kier molecular flexibility index (Phi) is 2.79. The van der Waals surface area contributed by atoms with E-state index in [4.69, 9.17) is 4.98 Å². The van der Waals surface area contributed by atoms with E-state index in [1.807, 2.05) is 28.8 Å². The third kappa shape index (κ3) is 1.87. The zero-order valence-electron chi connectivity index (χ0n) is 11.9. The van der Waals surface area contributed by atoms with Crippen molar-refractivity contribution in [3.05, 3.63) is 30.1 Å². The standard InChI is InChI=1S/C16H19N3O2/c20-15(21)16(7-9-17-10-8-16)19-13-4-2-1-3-12(13)18-14(19)11-5-6-11/h1-4,11,17H,5-10H2,(H,20,21). The Labute approximate surface area is 123 Å². The molecule has 5 nitrogen and oxygen atoms in total. The van der Waals surface area contributed by atoms with Crippen molar-refractivity contribution in [1.82, 2.24) is 14.9 Å². The predicted octanol–water partition coefficient (Wildman–Crippen LogP) is 2.08. The number of fused-ring (bicyclic) bond motifs is 1. The van der Waals surface area contributed by atoms with E-state index in [9.17, 15) is 9.90 Å². The number of nitrogens with zero attached hydrogens (tertiary/aromatic N) is 2. The highest BCUT2D eigenvalue weighted by atomic mass is 16.4. The molecule has 0 radical (unpaired) electrons.